The van der Waals surface area contributed by atoms with Gasteiger partial charge in [-0.3, -0.25) is 0 Å². The van der Waals surface area contributed by atoms with Crippen molar-refractivity contribution in [3.63, 3.8) is 0 Å². The summed E-state index contributed by atoms with van der Waals surface area (Å²) in [4.78, 5) is -0.222. The van der Waals surface area contributed by atoms with Gasteiger partial charge in [0.25, 0.3) is 0 Å². The zero-order valence-electron chi connectivity index (χ0n) is 3.91. The van der Waals surface area contributed by atoms with Crippen molar-refractivity contribution in [3.05, 3.63) is 0 Å². The fourth-order valence-corrected chi connectivity index (χ4v) is 0. The maximum atomic E-state index is 5.04. The molecular weight excluding hydrogens is 366 g/mol. The van der Waals surface area contributed by atoms with Gasteiger partial charge in [0, 0.05) is 0 Å². The first-order valence-electron chi connectivity index (χ1n) is 1.52. The van der Waals surface area contributed by atoms with E-state index in [1.165, 1.54) is 0 Å². The minimum Gasteiger partial charge on any atom is -0.106 e. The summed E-state index contributed by atoms with van der Waals surface area (Å²) in [7, 11) is 0. The largest absolute Gasteiger partial charge is 0.106 e. The predicted octanol–water partition coefficient (Wildman–Crippen LogP) is 5.21. The van der Waals surface area contributed by atoms with Crippen molar-refractivity contribution in [2.75, 3.05) is 0 Å². The lowest BCUT2D eigenvalue weighted by molar-refractivity contribution is 1.39. The van der Waals surface area contributed by atoms with E-state index in [1.807, 2.05) is 0 Å². The van der Waals surface area contributed by atoms with Gasteiger partial charge in [-0.1, -0.05) is 0 Å². The van der Waals surface area contributed by atoms with Gasteiger partial charge < -0.3 is 0 Å². The van der Waals surface area contributed by atoms with E-state index in [1.54, 1.807) is 6.92 Å². The molecule has 0 aromatic rings. The van der Waals surface area contributed by atoms with Crippen LogP contribution >= 0.6 is 73.7 Å². The summed E-state index contributed by atoms with van der Waals surface area (Å²) < 4.78 is -0.183. The summed E-state index contributed by atoms with van der Waals surface area (Å²) in [5.41, 5.74) is 0. The molecule has 0 nitrogen and oxygen atoms in total. The third kappa shape index (κ3) is 78.1. The Hall–Kier alpha value is 2.45. The molecule has 8 heavy (non-hydrogen) atoms. The Morgan fingerprint density at radius 1 is 1.25 bits per heavy atom. The Kier molecular flexibility index (Phi) is 15.4. The number of hydrogen-bond acceptors (Lipinski definition) is 0. The van der Waals surface area contributed by atoms with Crippen LogP contribution in [0.2, 0.25) is 0 Å². The van der Waals surface area contributed by atoms with Crippen molar-refractivity contribution >= 4 is 73.7 Å². The van der Waals surface area contributed by atoms with E-state index < -0.39 is 0 Å². The monoisotopic (exact) mass is 366 g/mol. The van der Waals surface area contributed by atoms with Crippen molar-refractivity contribution in [2.24, 2.45) is 0 Å². The zero-order chi connectivity index (χ0) is 7.15. The molecule has 0 aliphatic rings. The maximum Gasteiger partial charge on any atom is 0.105 e. The van der Waals surface area contributed by atoms with E-state index in [0.29, 0.717) is 0 Å². The molecule has 0 aliphatic heterocycles. The summed E-state index contributed by atoms with van der Waals surface area (Å²) in [5.74, 6) is 0. The molecule has 0 aliphatic carbocycles. The highest BCUT2D eigenvalue weighted by molar-refractivity contribution is 9.93. The van der Waals surface area contributed by atoms with Crippen LogP contribution in [0.15, 0.2) is 0 Å². The summed E-state index contributed by atoms with van der Waals surface area (Å²) in [6.45, 7) is 1.70. The highest BCUT2D eigenvalue weighted by Gasteiger charge is 1.77. The lowest BCUT2D eigenvalue weighted by Crippen LogP contribution is -1.63. The van der Waals surface area contributed by atoms with Gasteiger partial charge in [-0.05, 0) is 53.4 Å². The average molecular weight is 370 g/mol. The average Bonchev–Trinajstić information content (AvgIpc) is 1.25. The van der Waals surface area contributed by atoms with Gasteiger partial charge in [0.1, 0.15) is 8.87 Å². The topological polar surface area (TPSA) is 0 Å². The fraction of sp³-hybridized carbons (Fsp3) is 1.00. The molecule has 0 unspecified atom stereocenters. The molecule has 0 aromatic carbocycles. The van der Waals surface area contributed by atoms with E-state index in [-0.39, 0.29) is 8.87 Å². The first kappa shape index (κ1) is 13.1. The standard InChI is InChI=1S/C2H4Cl2.Br3P/c1-2(3)4;1-4(2)3/h2H,1H3;. The molecular formula is C2H4Br3Cl2P. The molecule has 0 rings (SSSR count). The van der Waals surface area contributed by atoms with Crippen molar-refractivity contribution in [1.82, 2.24) is 0 Å². The maximum absolute atomic E-state index is 5.04. The molecule has 0 N–H and O–H groups in total. The second-order valence-corrected chi connectivity index (χ2v) is 17.6. The third-order valence-electron chi connectivity index (χ3n) is 0. The lowest BCUT2D eigenvalue weighted by atomic mass is 11.0. The van der Waals surface area contributed by atoms with Crippen molar-refractivity contribution in [2.45, 2.75) is 11.8 Å². The second-order valence-electron chi connectivity index (χ2n) is 0.711. The molecule has 0 heterocycles. The molecule has 0 amide bonds. The van der Waals surface area contributed by atoms with E-state index in [0.717, 1.165) is 0 Å². The van der Waals surface area contributed by atoms with Gasteiger partial charge >= 0.3 is 0 Å². The van der Waals surface area contributed by atoms with Crippen LogP contribution in [-0.2, 0) is 0 Å². The van der Waals surface area contributed by atoms with E-state index >= 15 is 0 Å². The Labute approximate surface area is 84.7 Å². The number of rotatable bonds is 0. The molecule has 0 saturated heterocycles. The smallest absolute Gasteiger partial charge is 0.105 e. The van der Waals surface area contributed by atoms with Crippen LogP contribution in [-0.4, -0.2) is 4.84 Å². The van der Waals surface area contributed by atoms with Gasteiger partial charge in [-0.25, -0.2) is 0 Å². The number of alkyl halides is 2. The van der Waals surface area contributed by atoms with Gasteiger partial charge in [-0.15, -0.1) is 23.2 Å². The van der Waals surface area contributed by atoms with Crippen LogP contribution < -0.4 is 0 Å². The lowest BCUT2D eigenvalue weighted by Gasteiger charge is -1.72. The first-order valence-corrected chi connectivity index (χ1v) is 9.79. The molecule has 0 saturated carbocycles. The van der Waals surface area contributed by atoms with Gasteiger partial charge in [0.2, 0.25) is 0 Å². The van der Waals surface area contributed by atoms with Crippen molar-refractivity contribution in [1.29, 1.82) is 0 Å². The Bertz CT molecular complexity index is 30.8. The normalized spacial score (nSPS) is 9.00. The summed E-state index contributed by atoms with van der Waals surface area (Å²) in [6, 6.07) is 0. The molecule has 0 bridgehead atoms. The quantitative estimate of drug-likeness (QED) is 0.406. The highest BCUT2D eigenvalue weighted by Crippen LogP contribution is 2.59. The van der Waals surface area contributed by atoms with Crippen LogP contribution in [0.3, 0.4) is 0 Å². The summed E-state index contributed by atoms with van der Waals surface area (Å²) >= 11 is 19.6. The molecule has 0 spiro atoms. The predicted molar refractivity (Wildman–Crippen MR) is 54.9 cm³/mol. The molecule has 6 heteroatoms. The van der Waals surface area contributed by atoms with E-state index in [4.69, 9.17) is 23.2 Å². The fourth-order valence-electron chi connectivity index (χ4n) is 0. The van der Waals surface area contributed by atoms with Crippen LogP contribution in [0, 0.1) is 0 Å². The van der Waals surface area contributed by atoms with Crippen LogP contribution in [0.1, 0.15) is 6.92 Å². The summed E-state index contributed by atoms with van der Waals surface area (Å²) in [6.07, 6.45) is 0. The van der Waals surface area contributed by atoms with Crippen LogP contribution in [0.5, 0.6) is 0 Å². The van der Waals surface area contributed by atoms with Gasteiger partial charge in [0.15, 0.2) is 0 Å². The minimum absolute atomic E-state index is 0.183. The third-order valence-corrected chi connectivity index (χ3v) is 0. The molecule has 52 valence electrons. The molecule has 0 radical (unpaired) electrons. The van der Waals surface area contributed by atoms with Crippen LogP contribution in [0.25, 0.3) is 0 Å². The highest BCUT2D eigenvalue weighted by atomic mass is 80.0. The summed E-state index contributed by atoms with van der Waals surface area (Å²) in [5, 5.41) is 0. The van der Waals surface area contributed by atoms with Crippen molar-refractivity contribution < 1.29 is 0 Å². The van der Waals surface area contributed by atoms with Gasteiger partial charge in [0.05, 0.1) is 0 Å². The minimum atomic E-state index is -0.222. The van der Waals surface area contributed by atoms with Crippen molar-refractivity contribution in [3.8, 4) is 0 Å². The Balaban J connectivity index is 0. The number of halogens is 5. The molecule has 0 atom stereocenters. The van der Waals surface area contributed by atoms with E-state index in [2.05, 4.69) is 46.5 Å². The Morgan fingerprint density at radius 3 is 1.25 bits per heavy atom. The number of hydrogen-bond donors (Lipinski definition) is 0. The van der Waals surface area contributed by atoms with Gasteiger partial charge in [-0.2, -0.15) is 0 Å². The van der Waals surface area contributed by atoms with Crippen LogP contribution in [0.4, 0.5) is 0 Å². The first-order chi connectivity index (χ1) is 3.46. The SMILES string of the molecule is BrP(Br)Br.CC(Cl)Cl. The Morgan fingerprint density at radius 2 is 1.25 bits per heavy atom. The van der Waals surface area contributed by atoms with E-state index in [9.17, 15) is 0 Å². The second kappa shape index (κ2) is 9.45. The molecule has 0 aromatic heterocycles. The zero-order valence-corrected chi connectivity index (χ0v) is 11.1. The molecule has 0 fully saturated rings.